The highest BCUT2D eigenvalue weighted by Crippen LogP contribution is 2.65. The van der Waals surface area contributed by atoms with Gasteiger partial charge < -0.3 is 5.43 Å². The fourth-order valence-electron chi connectivity index (χ4n) is 4.18. The number of hydrogen-bond donors (Lipinski definition) is 2. The number of benzene rings is 1. The van der Waals surface area contributed by atoms with Crippen molar-refractivity contribution in [3.8, 4) is 0 Å². The van der Waals surface area contributed by atoms with Crippen molar-refractivity contribution >= 4 is 22.8 Å². The van der Waals surface area contributed by atoms with E-state index in [0.717, 1.165) is 18.9 Å². The number of nitro benzene ring substituents is 2. The Morgan fingerprint density at radius 1 is 1.19 bits per heavy atom. The molecule has 0 aliphatic heterocycles. The quantitative estimate of drug-likeness (QED) is 0.468. The minimum atomic E-state index is -0.697. The van der Waals surface area contributed by atoms with Gasteiger partial charge in [0.25, 0.3) is 5.69 Å². The summed E-state index contributed by atoms with van der Waals surface area (Å²) in [6.07, 6.45) is 3.35. The van der Waals surface area contributed by atoms with Crippen molar-refractivity contribution in [3.05, 3.63) is 50.2 Å². The van der Waals surface area contributed by atoms with E-state index in [1.807, 2.05) is 6.92 Å². The molecule has 3 rings (SSSR count). The van der Waals surface area contributed by atoms with Crippen molar-refractivity contribution in [2.45, 2.75) is 33.6 Å². The van der Waals surface area contributed by atoms with Crippen LogP contribution in [0, 0.1) is 37.0 Å². The number of nitrogens with one attached hydrogen (secondary N) is 2. The van der Waals surface area contributed by atoms with E-state index in [0.29, 0.717) is 5.57 Å². The number of non-ortho nitro benzene ring substituents is 1. The predicted molar refractivity (Wildman–Crippen MR) is 94.2 cm³/mol. The van der Waals surface area contributed by atoms with Gasteiger partial charge in [0.15, 0.2) is 5.78 Å². The molecule has 138 valence electrons. The molecule has 26 heavy (non-hydrogen) atoms. The van der Waals surface area contributed by atoms with Gasteiger partial charge in [0, 0.05) is 23.3 Å². The van der Waals surface area contributed by atoms with Crippen molar-refractivity contribution in [1.82, 2.24) is 5.43 Å². The average Bonchev–Trinajstić information content (AvgIpc) is 2.88. The van der Waals surface area contributed by atoms with Crippen LogP contribution in [0.3, 0.4) is 0 Å². The summed E-state index contributed by atoms with van der Waals surface area (Å²) in [7, 11) is 0. The van der Waals surface area contributed by atoms with Gasteiger partial charge in [0.1, 0.15) is 5.69 Å². The highest BCUT2D eigenvalue weighted by atomic mass is 16.6. The number of allylic oxidation sites excluding steroid dienone is 1. The van der Waals surface area contributed by atoms with Crippen LogP contribution in [-0.2, 0) is 4.79 Å². The molecule has 2 atom stereocenters. The Hall–Kier alpha value is -2.97. The van der Waals surface area contributed by atoms with Gasteiger partial charge in [-0.3, -0.25) is 30.4 Å². The second-order valence-corrected chi connectivity index (χ2v) is 7.56. The molecule has 0 spiro atoms. The molecular formula is C17H20N4O5. The lowest BCUT2D eigenvalue weighted by Gasteiger charge is -2.31. The molecule has 1 aromatic rings. The number of rotatable bonds is 5. The summed E-state index contributed by atoms with van der Waals surface area (Å²) < 4.78 is 0. The fourth-order valence-corrected chi connectivity index (χ4v) is 4.18. The van der Waals surface area contributed by atoms with Crippen LogP contribution in [0.1, 0.15) is 33.6 Å². The maximum Gasteiger partial charge on any atom is 0.300 e. The summed E-state index contributed by atoms with van der Waals surface area (Å²) >= 11 is 0. The second kappa shape index (κ2) is 5.79. The van der Waals surface area contributed by atoms with Crippen LogP contribution in [0.5, 0.6) is 0 Å². The first-order valence-corrected chi connectivity index (χ1v) is 8.29. The van der Waals surface area contributed by atoms with Crippen molar-refractivity contribution in [3.63, 3.8) is 0 Å². The number of hydrazine groups is 1. The van der Waals surface area contributed by atoms with Gasteiger partial charge in [-0.1, -0.05) is 20.8 Å². The third-order valence-corrected chi connectivity index (χ3v) is 6.19. The van der Waals surface area contributed by atoms with Crippen molar-refractivity contribution in [1.29, 1.82) is 0 Å². The highest BCUT2D eigenvalue weighted by molar-refractivity contribution is 6.04. The van der Waals surface area contributed by atoms with Gasteiger partial charge in [0.2, 0.25) is 0 Å². The minimum Gasteiger partial charge on any atom is -0.308 e. The number of anilines is 1. The summed E-state index contributed by atoms with van der Waals surface area (Å²) in [5.74, 6) is 0.243. The molecule has 2 bridgehead atoms. The van der Waals surface area contributed by atoms with Gasteiger partial charge in [-0.25, -0.2) is 0 Å². The Bertz CT molecular complexity index is 848. The van der Waals surface area contributed by atoms with E-state index in [2.05, 4.69) is 24.7 Å². The molecule has 2 aliphatic rings. The Kier molecular flexibility index (Phi) is 3.97. The molecule has 0 aromatic heterocycles. The molecule has 9 nitrogen and oxygen atoms in total. The lowest BCUT2D eigenvalue weighted by Crippen LogP contribution is -2.32. The van der Waals surface area contributed by atoms with Gasteiger partial charge in [0.05, 0.1) is 15.9 Å². The minimum absolute atomic E-state index is 0.0820. The summed E-state index contributed by atoms with van der Waals surface area (Å²) in [5.41, 5.74) is 4.88. The number of carbonyl (C=O) groups excluding carboxylic acids is 1. The fraction of sp³-hybridized carbons (Fsp3) is 0.471. The molecule has 2 aliphatic carbocycles. The first-order chi connectivity index (χ1) is 12.1. The molecule has 0 amide bonds. The third kappa shape index (κ3) is 2.42. The molecule has 2 saturated carbocycles. The van der Waals surface area contributed by atoms with Gasteiger partial charge in [-0.05, 0) is 30.2 Å². The molecular weight excluding hydrogens is 340 g/mol. The molecule has 2 fully saturated rings. The number of nitro groups is 2. The lowest BCUT2D eigenvalue weighted by molar-refractivity contribution is -0.393. The second-order valence-electron chi connectivity index (χ2n) is 7.56. The molecule has 9 heteroatoms. The summed E-state index contributed by atoms with van der Waals surface area (Å²) in [5, 5.41) is 21.9. The Morgan fingerprint density at radius 3 is 2.42 bits per heavy atom. The zero-order valence-corrected chi connectivity index (χ0v) is 14.7. The SMILES string of the molecule is CC12CCC(/C(=C\NNc3ccc([N+](=O)[O-])cc3[N+](=O)[O-])C1=O)C2(C)C. The van der Waals surface area contributed by atoms with E-state index >= 15 is 0 Å². The number of hydrogen-bond acceptors (Lipinski definition) is 7. The molecule has 1 aromatic carbocycles. The van der Waals surface area contributed by atoms with Crippen LogP contribution in [0.15, 0.2) is 30.0 Å². The van der Waals surface area contributed by atoms with Crippen molar-refractivity contribution < 1.29 is 14.6 Å². The normalized spacial score (nSPS) is 27.6. The van der Waals surface area contributed by atoms with Crippen LogP contribution in [0.4, 0.5) is 17.1 Å². The maximum atomic E-state index is 12.7. The van der Waals surface area contributed by atoms with Gasteiger partial charge >= 0.3 is 5.69 Å². The van der Waals surface area contributed by atoms with Crippen molar-refractivity contribution in [2.75, 3.05) is 5.43 Å². The number of nitrogens with zero attached hydrogens (tertiary/aromatic N) is 2. The monoisotopic (exact) mass is 360 g/mol. The van der Waals surface area contributed by atoms with Gasteiger partial charge in [-0.2, -0.15) is 0 Å². The van der Waals surface area contributed by atoms with E-state index in [4.69, 9.17) is 0 Å². The van der Waals surface area contributed by atoms with E-state index in [1.165, 1.54) is 12.1 Å². The Labute approximate surface area is 149 Å². The van der Waals surface area contributed by atoms with E-state index in [9.17, 15) is 25.0 Å². The summed E-state index contributed by atoms with van der Waals surface area (Å²) in [4.78, 5) is 33.3. The number of ketones is 1. The van der Waals surface area contributed by atoms with E-state index in [1.54, 1.807) is 6.20 Å². The van der Waals surface area contributed by atoms with E-state index < -0.39 is 15.5 Å². The number of Topliss-reactive ketones (excluding diaryl/α,β-unsaturated/α-hetero) is 1. The maximum absolute atomic E-state index is 12.7. The number of carbonyl (C=O) groups is 1. The topological polar surface area (TPSA) is 127 Å². The standard InChI is InChI=1S/C17H20N4O5/c1-16(2)12-6-7-17(16,3)15(22)11(12)9-18-19-13-5-4-10(20(23)24)8-14(13)21(25)26/h4-5,8-9,12,18-19H,6-7H2,1-3H3/b11-9+. The summed E-state index contributed by atoms with van der Waals surface area (Å²) in [6, 6.07) is 3.33. The van der Waals surface area contributed by atoms with E-state index in [-0.39, 0.29) is 33.9 Å². The van der Waals surface area contributed by atoms with Crippen LogP contribution in [-0.4, -0.2) is 15.6 Å². The molecule has 0 saturated heterocycles. The third-order valence-electron chi connectivity index (χ3n) is 6.19. The first-order valence-electron chi connectivity index (χ1n) is 8.29. The largest absolute Gasteiger partial charge is 0.308 e. The van der Waals surface area contributed by atoms with Crippen LogP contribution in [0.25, 0.3) is 0 Å². The zero-order valence-electron chi connectivity index (χ0n) is 14.7. The van der Waals surface area contributed by atoms with Crippen LogP contribution < -0.4 is 10.9 Å². The van der Waals surface area contributed by atoms with Crippen LogP contribution >= 0.6 is 0 Å². The smallest absolute Gasteiger partial charge is 0.300 e. The molecule has 0 radical (unpaired) electrons. The zero-order chi connectivity index (χ0) is 19.3. The lowest BCUT2D eigenvalue weighted by atomic mass is 9.70. The Balaban J connectivity index is 1.81. The Morgan fingerprint density at radius 2 is 1.88 bits per heavy atom. The van der Waals surface area contributed by atoms with Gasteiger partial charge in [-0.15, -0.1) is 0 Å². The summed E-state index contributed by atoms with van der Waals surface area (Å²) in [6.45, 7) is 6.18. The predicted octanol–water partition coefficient (Wildman–Crippen LogP) is 3.33. The first kappa shape index (κ1) is 17.8. The van der Waals surface area contributed by atoms with Crippen LogP contribution in [0.2, 0.25) is 0 Å². The average molecular weight is 360 g/mol. The molecule has 0 heterocycles. The van der Waals surface area contributed by atoms with Crippen molar-refractivity contribution in [2.24, 2.45) is 16.7 Å². The highest BCUT2D eigenvalue weighted by Gasteiger charge is 2.63. The number of fused-ring (bicyclic) bond motifs is 2. The molecule has 2 unspecified atom stereocenters. The molecule has 2 N–H and O–H groups in total.